The molecule has 21 heavy (non-hydrogen) atoms. The predicted molar refractivity (Wildman–Crippen MR) is 81.2 cm³/mol. The summed E-state index contributed by atoms with van der Waals surface area (Å²) in [7, 11) is 3.94. The van der Waals surface area contributed by atoms with E-state index in [0.29, 0.717) is 13.1 Å². The molecule has 2 aromatic rings. The van der Waals surface area contributed by atoms with Gasteiger partial charge in [-0.3, -0.25) is 4.79 Å². The van der Waals surface area contributed by atoms with Crippen molar-refractivity contribution in [3.05, 3.63) is 53.6 Å². The average molecular weight is 282 g/mol. The van der Waals surface area contributed by atoms with Crippen molar-refractivity contribution in [3.63, 3.8) is 0 Å². The van der Waals surface area contributed by atoms with Crippen molar-refractivity contribution in [3.8, 4) is 0 Å². The van der Waals surface area contributed by atoms with Crippen molar-refractivity contribution in [1.82, 2.24) is 14.9 Å². The van der Waals surface area contributed by atoms with E-state index in [1.807, 2.05) is 48.2 Å². The fourth-order valence-corrected chi connectivity index (χ4v) is 2.54. The van der Waals surface area contributed by atoms with E-state index in [0.717, 1.165) is 28.9 Å². The number of carbonyl (C=O) groups excluding carboxylic acids is 1. The molecule has 0 bridgehead atoms. The van der Waals surface area contributed by atoms with E-state index in [-0.39, 0.29) is 5.91 Å². The minimum Gasteiger partial charge on any atom is -0.378 e. The van der Waals surface area contributed by atoms with E-state index in [1.54, 1.807) is 12.5 Å². The number of anilines is 1. The highest BCUT2D eigenvalue weighted by molar-refractivity contribution is 5.95. The maximum atomic E-state index is 12.7. The lowest BCUT2D eigenvalue weighted by Gasteiger charge is -2.28. The van der Waals surface area contributed by atoms with Crippen LogP contribution in [-0.2, 0) is 13.0 Å². The fourth-order valence-electron chi connectivity index (χ4n) is 2.54. The lowest BCUT2D eigenvalue weighted by Crippen LogP contribution is -2.36. The smallest absolute Gasteiger partial charge is 0.254 e. The summed E-state index contributed by atoms with van der Waals surface area (Å²) in [4.78, 5) is 24.8. The number of rotatable bonds is 2. The van der Waals surface area contributed by atoms with E-state index >= 15 is 0 Å². The third-order valence-corrected chi connectivity index (χ3v) is 3.76. The highest BCUT2D eigenvalue weighted by Crippen LogP contribution is 2.20. The van der Waals surface area contributed by atoms with Crippen LogP contribution in [0.3, 0.4) is 0 Å². The maximum Gasteiger partial charge on any atom is 0.254 e. The maximum absolute atomic E-state index is 12.7. The molecule has 1 aromatic heterocycles. The van der Waals surface area contributed by atoms with Gasteiger partial charge in [-0.1, -0.05) is 6.07 Å². The Hall–Kier alpha value is -2.43. The van der Waals surface area contributed by atoms with Gasteiger partial charge in [-0.25, -0.2) is 9.97 Å². The summed E-state index contributed by atoms with van der Waals surface area (Å²) in [6.07, 6.45) is 4.16. The first-order valence-electron chi connectivity index (χ1n) is 6.99. The molecular weight excluding hydrogens is 264 g/mol. The van der Waals surface area contributed by atoms with Crippen molar-refractivity contribution in [2.45, 2.75) is 13.0 Å². The van der Waals surface area contributed by atoms with Gasteiger partial charge in [0, 0.05) is 56.6 Å². The van der Waals surface area contributed by atoms with Crippen LogP contribution < -0.4 is 4.90 Å². The Balaban J connectivity index is 1.82. The Morgan fingerprint density at radius 1 is 1.33 bits per heavy atom. The molecule has 0 unspecified atom stereocenters. The molecule has 0 N–H and O–H groups in total. The highest BCUT2D eigenvalue weighted by atomic mass is 16.2. The van der Waals surface area contributed by atoms with E-state index in [9.17, 15) is 4.79 Å². The molecule has 0 radical (unpaired) electrons. The zero-order valence-electron chi connectivity index (χ0n) is 12.3. The number of benzene rings is 1. The second kappa shape index (κ2) is 5.52. The molecule has 0 saturated carbocycles. The van der Waals surface area contributed by atoms with Crippen LogP contribution in [0.25, 0.3) is 0 Å². The summed E-state index contributed by atoms with van der Waals surface area (Å²) >= 11 is 0. The van der Waals surface area contributed by atoms with Gasteiger partial charge in [0.05, 0.1) is 5.69 Å². The van der Waals surface area contributed by atoms with E-state index in [4.69, 9.17) is 0 Å². The van der Waals surface area contributed by atoms with Gasteiger partial charge in [0.2, 0.25) is 0 Å². The average Bonchev–Trinajstić information content (AvgIpc) is 2.53. The van der Waals surface area contributed by atoms with Gasteiger partial charge in [0.25, 0.3) is 5.91 Å². The van der Waals surface area contributed by atoms with E-state index in [2.05, 4.69) is 9.97 Å². The first kappa shape index (κ1) is 13.5. The molecule has 0 spiro atoms. The van der Waals surface area contributed by atoms with Crippen molar-refractivity contribution in [1.29, 1.82) is 0 Å². The Morgan fingerprint density at radius 2 is 2.19 bits per heavy atom. The molecule has 5 heteroatoms. The number of carbonyl (C=O) groups is 1. The molecule has 1 amide bonds. The third-order valence-electron chi connectivity index (χ3n) is 3.76. The van der Waals surface area contributed by atoms with Crippen molar-refractivity contribution in [2.75, 3.05) is 25.5 Å². The van der Waals surface area contributed by atoms with Gasteiger partial charge < -0.3 is 9.80 Å². The minimum absolute atomic E-state index is 0.0632. The number of aromatic nitrogens is 2. The normalized spacial score (nSPS) is 13.7. The van der Waals surface area contributed by atoms with Crippen molar-refractivity contribution < 1.29 is 4.79 Å². The first-order valence-corrected chi connectivity index (χ1v) is 6.99. The standard InChI is InChI=1S/C16H18N4O/c1-19(2)14-5-3-4-12(8-14)16(21)20-7-6-15-13(10-20)9-17-11-18-15/h3-5,8-9,11H,6-7,10H2,1-2H3. The number of nitrogens with zero attached hydrogens (tertiary/aromatic N) is 4. The van der Waals surface area contributed by atoms with Crippen LogP contribution >= 0.6 is 0 Å². The Labute approximate surface area is 124 Å². The van der Waals surface area contributed by atoms with Crippen LogP contribution in [0, 0.1) is 0 Å². The number of fused-ring (bicyclic) bond motifs is 1. The topological polar surface area (TPSA) is 49.3 Å². The van der Waals surface area contributed by atoms with Crippen LogP contribution in [0.4, 0.5) is 5.69 Å². The monoisotopic (exact) mass is 282 g/mol. The van der Waals surface area contributed by atoms with Crippen LogP contribution in [-0.4, -0.2) is 41.4 Å². The number of amides is 1. The summed E-state index contributed by atoms with van der Waals surface area (Å²) in [6.45, 7) is 1.29. The number of hydrogen-bond acceptors (Lipinski definition) is 4. The summed E-state index contributed by atoms with van der Waals surface area (Å²) in [5.74, 6) is 0.0632. The summed E-state index contributed by atoms with van der Waals surface area (Å²) in [6, 6.07) is 7.71. The molecule has 0 fully saturated rings. The molecule has 0 atom stereocenters. The Bertz CT molecular complexity index is 669. The SMILES string of the molecule is CN(C)c1cccc(C(=O)N2CCc3ncncc3C2)c1. The second-order valence-electron chi connectivity index (χ2n) is 5.42. The van der Waals surface area contributed by atoms with E-state index in [1.165, 1.54) is 0 Å². The predicted octanol–water partition coefficient (Wildman–Crippen LogP) is 1.74. The summed E-state index contributed by atoms with van der Waals surface area (Å²) in [5, 5.41) is 0. The van der Waals surface area contributed by atoms with Crippen LogP contribution in [0.15, 0.2) is 36.8 Å². The molecule has 0 saturated heterocycles. The van der Waals surface area contributed by atoms with Gasteiger partial charge in [-0.2, -0.15) is 0 Å². The molecule has 1 aromatic carbocycles. The van der Waals surface area contributed by atoms with Gasteiger partial charge in [0.1, 0.15) is 6.33 Å². The molecule has 1 aliphatic heterocycles. The largest absolute Gasteiger partial charge is 0.378 e. The van der Waals surface area contributed by atoms with Crippen molar-refractivity contribution in [2.24, 2.45) is 0 Å². The lowest BCUT2D eigenvalue weighted by atomic mass is 10.1. The number of hydrogen-bond donors (Lipinski definition) is 0. The molecule has 1 aliphatic rings. The highest BCUT2D eigenvalue weighted by Gasteiger charge is 2.22. The Morgan fingerprint density at radius 3 is 3.00 bits per heavy atom. The van der Waals surface area contributed by atoms with Crippen LogP contribution in [0.2, 0.25) is 0 Å². The molecule has 5 nitrogen and oxygen atoms in total. The zero-order chi connectivity index (χ0) is 14.8. The minimum atomic E-state index is 0.0632. The van der Waals surface area contributed by atoms with Gasteiger partial charge >= 0.3 is 0 Å². The molecule has 0 aliphatic carbocycles. The van der Waals surface area contributed by atoms with Crippen LogP contribution in [0.5, 0.6) is 0 Å². The molecule has 2 heterocycles. The van der Waals surface area contributed by atoms with Gasteiger partial charge in [-0.05, 0) is 18.2 Å². The second-order valence-corrected chi connectivity index (χ2v) is 5.42. The third kappa shape index (κ3) is 2.72. The van der Waals surface area contributed by atoms with Gasteiger partial charge in [0.15, 0.2) is 0 Å². The Kier molecular flexibility index (Phi) is 3.56. The summed E-state index contributed by atoms with van der Waals surface area (Å²) < 4.78 is 0. The summed E-state index contributed by atoms with van der Waals surface area (Å²) in [5.41, 5.74) is 3.85. The van der Waals surface area contributed by atoms with Crippen molar-refractivity contribution >= 4 is 11.6 Å². The van der Waals surface area contributed by atoms with E-state index < -0.39 is 0 Å². The molecule has 108 valence electrons. The van der Waals surface area contributed by atoms with Gasteiger partial charge in [-0.15, -0.1) is 0 Å². The molecule has 3 rings (SSSR count). The quantitative estimate of drug-likeness (QED) is 0.842. The molecular formula is C16H18N4O. The fraction of sp³-hybridized carbons (Fsp3) is 0.312. The zero-order valence-corrected chi connectivity index (χ0v) is 12.3. The van der Waals surface area contributed by atoms with Crippen LogP contribution in [0.1, 0.15) is 21.6 Å². The lowest BCUT2D eigenvalue weighted by molar-refractivity contribution is 0.0733. The first-order chi connectivity index (χ1) is 10.1.